The smallest absolute Gasteiger partial charge is 0.349 e. The molecule has 0 aliphatic carbocycles. The number of amidine groups is 1. The molecule has 22 heavy (non-hydrogen) atoms. The number of carbonyl (C=O) groups excluding carboxylic acids is 1. The molecule has 0 bridgehead atoms. The molecule has 0 atom stereocenters. The molecule has 9 heteroatoms. The number of benzene rings is 1. The van der Waals surface area contributed by atoms with Crippen molar-refractivity contribution in [1.82, 2.24) is 25.4 Å². The summed E-state index contributed by atoms with van der Waals surface area (Å²) in [6.07, 6.45) is 0. The van der Waals surface area contributed by atoms with Crippen LogP contribution in [0, 0.1) is 0 Å². The number of aromatic nitrogens is 2. The van der Waals surface area contributed by atoms with E-state index in [0.717, 1.165) is 11.0 Å². The molecule has 0 saturated carbocycles. The highest BCUT2D eigenvalue weighted by atomic mass is 16.5. The number of rotatable bonds is 3. The summed E-state index contributed by atoms with van der Waals surface area (Å²) in [6.45, 7) is 0.317. The van der Waals surface area contributed by atoms with Gasteiger partial charge in [0.05, 0.1) is 11.0 Å². The summed E-state index contributed by atoms with van der Waals surface area (Å²) in [5.74, 6) is 1.05. The number of para-hydroxylation sites is 2. The molecule has 0 fully saturated rings. The Labute approximate surface area is 125 Å². The minimum Gasteiger partial charge on any atom is -0.362 e. The predicted molar refractivity (Wildman–Crippen MR) is 79.0 cm³/mol. The number of hydrazine groups is 1. The lowest BCUT2D eigenvalue weighted by atomic mass is 10.3. The molecule has 2 aliphatic rings. The highest BCUT2D eigenvalue weighted by Gasteiger charge is 2.37. The van der Waals surface area contributed by atoms with Gasteiger partial charge < -0.3 is 9.72 Å². The van der Waals surface area contributed by atoms with Crippen molar-refractivity contribution in [2.24, 2.45) is 10.1 Å². The molecule has 2 aromatic rings. The molecule has 2 aliphatic heterocycles. The third-order valence-corrected chi connectivity index (χ3v) is 3.45. The maximum absolute atomic E-state index is 12.3. The third-order valence-electron chi connectivity index (χ3n) is 3.45. The van der Waals surface area contributed by atoms with Crippen molar-refractivity contribution in [3.8, 4) is 0 Å². The number of nitrogens with zero attached hydrogens (tertiary/aromatic N) is 5. The van der Waals surface area contributed by atoms with Gasteiger partial charge in [-0.25, -0.2) is 15.3 Å². The van der Waals surface area contributed by atoms with Crippen molar-refractivity contribution in [3.63, 3.8) is 0 Å². The predicted octanol–water partition coefficient (Wildman–Crippen LogP) is 0.483. The molecule has 0 spiro atoms. The van der Waals surface area contributed by atoms with Crippen LogP contribution in [0.4, 0.5) is 4.79 Å². The lowest BCUT2D eigenvalue weighted by molar-refractivity contribution is 0.0405. The molecule has 3 heterocycles. The zero-order valence-electron chi connectivity index (χ0n) is 11.8. The highest BCUT2D eigenvalue weighted by Crippen LogP contribution is 2.18. The second kappa shape index (κ2) is 4.81. The molecule has 112 valence electrons. The average Bonchev–Trinajstić information content (AvgIpc) is 3.13. The molecular formula is C13H13N7O2. The molecule has 2 amide bonds. The Balaban J connectivity index is 1.68. The number of ether oxygens (including phenoxy) is 1. The molecule has 9 nitrogen and oxygen atoms in total. The second-order valence-electron chi connectivity index (χ2n) is 4.84. The van der Waals surface area contributed by atoms with Gasteiger partial charge in [0.1, 0.15) is 19.1 Å². The zero-order chi connectivity index (χ0) is 15.1. The van der Waals surface area contributed by atoms with Crippen LogP contribution < -0.4 is 5.53 Å². The number of amides is 2. The Morgan fingerprint density at radius 1 is 1.36 bits per heavy atom. The first-order valence-corrected chi connectivity index (χ1v) is 6.69. The summed E-state index contributed by atoms with van der Waals surface area (Å²) < 4.78 is 4.94. The Morgan fingerprint density at radius 3 is 3.05 bits per heavy atom. The van der Waals surface area contributed by atoms with Crippen molar-refractivity contribution in [2.75, 3.05) is 20.5 Å². The average molecular weight is 299 g/mol. The van der Waals surface area contributed by atoms with Crippen LogP contribution in [0.3, 0.4) is 0 Å². The van der Waals surface area contributed by atoms with Gasteiger partial charge in [0.15, 0.2) is 11.7 Å². The Hall–Kier alpha value is -2.94. The van der Waals surface area contributed by atoms with Crippen LogP contribution in [0.15, 0.2) is 34.4 Å². The normalized spacial score (nSPS) is 17.4. The van der Waals surface area contributed by atoms with Crippen LogP contribution in [0.1, 0.15) is 5.82 Å². The monoisotopic (exact) mass is 299 g/mol. The summed E-state index contributed by atoms with van der Waals surface area (Å²) >= 11 is 0. The summed E-state index contributed by atoms with van der Waals surface area (Å²) in [7, 11) is 1.51. The second-order valence-corrected chi connectivity index (χ2v) is 4.84. The fourth-order valence-electron chi connectivity index (χ4n) is 2.43. The zero-order valence-corrected chi connectivity index (χ0v) is 11.8. The Bertz CT molecular complexity index is 777. The first-order chi connectivity index (χ1) is 10.8. The first-order valence-electron chi connectivity index (χ1n) is 6.69. The van der Waals surface area contributed by atoms with Gasteiger partial charge in [-0.3, -0.25) is 9.89 Å². The molecule has 4 rings (SSSR count). The van der Waals surface area contributed by atoms with Crippen LogP contribution in [0.25, 0.3) is 11.0 Å². The molecule has 0 radical (unpaired) electrons. The maximum Gasteiger partial charge on any atom is 0.349 e. The summed E-state index contributed by atoms with van der Waals surface area (Å²) in [4.78, 5) is 25.8. The molecule has 1 aromatic carbocycles. The van der Waals surface area contributed by atoms with Gasteiger partial charge in [-0.2, -0.15) is 5.01 Å². The van der Waals surface area contributed by atoms with Crippen LogP contribution >= 0.6 is 0 Å². The summed E-state index contributed by atoms with van der Waals surface area (Å²) in [6, 6.07) is 7.43. The van der Waals surface area contributed by atoms with Crippen LogP contribution in [0.5, 0.6) is 0 Å². The standard InChI is InChI=1S/C13H13N7O2/c1-22-7-20-13(21)19-6-14-10(12(19)17-18-20)11-15-8-4-2-3-5-9(8)16-11/h2-5,18H,6-7H2,1H3,(H,15,16). The lowest BCUT2D eigenvalue weighted by Crippen LogP contribution is -2.55. The van der Waals surface area contributed by atoms with Crippen LogP contribution in [-0.2, 0) is 4.74 Å². The van der Waals surface area contributed by atoms with Gasteiger partial charge in [-0.05, 0) is 12.1 Å². The number of fused-ring (bicyclic) bond motifs is 2. The molecule has 0 unspecified atom stereocenters. The minimum absolute atomic E-state index is 0.103. The number of nitrogens with one attached hydrogen (secondary N) is 2. The number of hydrazone groups is 1. The SMILES string of the molecule is COCN1NN=C2C(c3nc4ccccc4[nH]3)=NCN2C1=O. The Kier molecular flexibility index (Phi) is 2.79. The number of aromatic amines is 1. The molecular weight excluding hydrogens is 286 g/mol. The van der Waals surface area contributed by atoms with Crippen molar-refractivity contribution in [2.45, 2.75) is 0 Å². The summed E-state index contributed by atoms with van der Waals surface area (Å²) in [5, 5.41) is 5.46. The molecule has 1 aromatic heterocycles. The third kappa shape index (κ3) is 1.83. The van der Waals surface area contributed by atoms with E-state index in [0.29, 0.717) is 17.4 Å². The van der Waals surface area contributed by atoms with E-state index in [1.54, 1.807) is 0 Å². The van der Waals surface area contributed by atoms with E-state index in [2.05, 4.69) is 25.6 Å². The van der Waals surface area contributed by atoms with Crippen LogP contribution in [-0.4, -0.2) is 58.0 Å². The summed E-state index contributed by atoms with van der Waals surface area (Å²) in [5.41, 5.74) is 4.98. The highest BCUT2D eigenvalue weighted by molar-refractivity contribution is 6.49. The number of hydrogen-bond acceptors (Lipinski definition) is 6. The van der Waals surface area contributed by atoms with Crippen molar-refractivity contribution in [1.29, 1.82) is 0 Å². The fourth-order valence-corrected chi connectivity index (χ4v) is 2.43. The van der Waals surface area contributed by atoms with Crippen molar-refractivity contribution >= 4 is 28.6 Å². The van der Waals surface area contributed by atoms with Crippen molar-refractivity contribution in [3.05, 3.63) is 30.1 Å². The molecule has 0 saturated heterocycles. The van der Waals surface area contributed by atoms with Gasteiger partial charge >= 0.3 is 6.03 Å². The number of imidazole rings is 1. The van der Waals surface area contributed by atoms with E-state index < -0.39 is 0 Å². The molecule has 2 N–H and O–H groups in total. The maximum atomic E-state index is 12.3. The van der Waals surface area contributed by atoms with Crippen LogP contribution in [0.2, 0.25) is 0 Å². The quantitative estimate of drug-likeness (QED) is 0.861. The number of H-pyrrole nitrogens is 1. The van der Waals surface area contributed by atoms with E-state index in [-0.39, 0.29) is 19.4 Å². The van der Waals surface area contributed by atoms with E-state index in [9.17, 15) is 4.79 Å². The Morgan fingerprint density at radius 2 is 2.23 bits per heavy atom. The van der Waals surface area contributed by atoms with Gasteiger partial charge in [0.25, 0.3) is 0 Å². The number of carbonyl (C=O) groups is 1. The first kappa shape index (κ1) is 12.8. The number of aliphatic imine (C=N–C) groups is 1. The van der Waals surface area contributed by atoms with Gasteiger partial charge in [-0.15, -0.1) is 5.10 Å². The fraction of sp³-hybridized carbons (Fsp3) is 0.231. The van der Waals surface area contributed by atoms with E-state index >= 15 is 0 Å². The van der Waals surface area contributed by atoms with Gasteiger partial charge in [0, 0.05) is 7.11 Å². The van der Waals surface area contributed by atoms with Gasteiger partial charge in [-0.1, -0.05) is 12.1 Å². The lowest BCUT2D eigenvalue weighted by Gasteiger charge is -2.30. The largest absolute Gasteiger partial charge is 0.362 e. The van der Waals surface area contributed by atoms with Gasteiger partial charge in [0.2, 0.25) is 0 Å². The topological polar surface area (TPSA) is 98.2 Å². The van der Waals surface area contributed by atoms with E-state index in [1.807, 2.05) is 24.3 Å². The van der Waals surface area contributed by atoms with Crippen molar-refractivity contribution < 1.29 is 9.53 Å². The number of urea groups is 1. The van der Waals surface area contributed by atoms with E-state index in [1.165, 1.54) is 17.0 Å². The number of methoxy groups -OCH3 is 1. The minimum atomic E-state index is -0.262. The van der Waals surface area contributed by atoms with E-state index in [4.69, 9.17) is 4.74 Å². The number of hydrogen-bond donors (Lipinski definition) is 2.